The minimum absolute atomic E-state index is 0.0465. The van der Waals surface area contributed by atoms with E-state index in [1.54, 1.807) is 6.07 Å². The summed E-state index contributed by atoms with van der Waals surface area (Å²) in [5.74, 6) is -0.408. The minimum Gasteiger partial charge on any atom is -0.476 e. The second kappa shape index (κ2) is 6.34. The maximum absolute atomic E-state index is 10.7. The molecule has 112 valence electrons. The molecule has 0 saturated carbocycles. The third-order valence-corrected chi connectivity index (χ3v) is 3.23. The van der Waals surface area contributed by atoms with Crippen LogP contribution in [0.15, 0.2) is 18.2 Å². The molecule has 0 fully saturated rings. The van der Waals surface area contributed by atoms with Gasteiger partial charge in [0.15, 0.2) is 11.5 Å². The molecular weight excluding hydrogens is 270 g/mol. The van der Waals surface area contributed by atoms with Gasteiger partial charge in [0.05, 0.1) is 5.69 Å². The van der Waals surface area contributed by atoms with Crippen LogP contribution < -0.4 is 4.90 Å². The van der Waals surface area contributed by atoms with Crippen LogP contribution in [0.4, 0.5) is 5.82 Å². The Bertz CT molecular complexity index is 621. The average molecular weight is 289 g/mol. The molecule has 0 bridgehead atoms. The Balaban J connectivity index is 1.88. The van der Waals surface area contributed by atoms with E-state index in [0.29, 0.717) is 5.82 Å². The SMILES string of the molecule is Cc1cc(C)n(CCCN(C)c2ccc(C(=O)O)nn2)n1. The molecule has 0 radical (unpaired) electrons. The summed E-state index contributed by atoms with van der Waals surface area (Å²) in [6.45, 7) is 5.65. The van der Waals surface area contributed by atoms with Crippen molar-refractivity contribution < 1.29 is 9.90 Å². The fraction of sp³-hybridized carbons (Fsp3) is 0.429. The fourth-order valence-electron chi connectivity index (χ4n) is 2.12. The standard InChI is InChI=1S/C14H19N5O2/c1-10-9-11(2)19(17-10)8-4-7-18(3)13-6-5-12(14(20)21)15-16-13/h5-6,9H,4,7-8H2,1-3H3,(H,20,21). The van der Waals surface area contributed by atoms with Crippen molar-refractivity contribution >= 4 is 11.8 Å². The van der Waals surface area contributed by atoms with E-state index in [2.05, 4.69) is 21.4 Å². The first-order valence-electron chi connectivity index (χ1n) is 6.76. The van der Waals surface area contributed by atoms with Gasteiger partial charge in [-0.25, -0.2) is 4.79 Å². The Morgan fingerprint density at radius 1 is 1.33 bits per heavy atom. The third-order valence-electron chi connectivity index (χ3n) is 3.23. The Hall–Kier alpha value is -2.44. The number of aromatic nitrogens is 4. The van der Waals surface area contributed by atoms with Gasteiger partial charge in [-0.2, -0.15) is 5.10 Å². The van der Waals surface area contributed by atoms with Crippen molar-refractivity contribution in [3.05, 3.63) is 35.3 Å². The molecule has 0 aliphatic carbocycles. The molecule has 21 heavy (non-hydrogen) atoms. The van der Waals surface area contributed by atoms with Gasteiger partial charge in [0.25, 0.3) is 0 Å². The van der Waals surface area contributed by atoms with Gasteiger partial charge in [-0.05, 0) is 38.5 Å². The summed E-state index contributed by atoms with van der Waals surface area (Å²) >= 11 is 0. The highest BCUT2D eigenvalue weighted by Gasteiger charge is 2.08. The van der Waals surface area contributed by atoms with E-state index in [1.165, 1.54) is 6.07 Å². The first-order valence-corrected chi connectivity index (χ1v) is 6.76. The van der Waals surface area contributed by atoms with Crippen molar-refractivity contribution in [2.75, 3.05) is 18.5 Å². The molecule has 7 nitrogen and oxygen atoms in total. The molecule has 2 aromatic rings. The summed E-state index contributed by atoms with van der Waals surface area (Å²) in [7, 11) is 1.91. The monoisotopic (exact) mass is 289 g/mol. The van der Waals surface area contributed by atoms with Crippen LogP contribution in [0, 0.1) is 13.8 Å². The van der Waals surface area contributed by atoms with Gasteiger partial charge in [0, 0.05) is 25.8 Å². The zero-order valence-electron chi connectivity index (χ0n) is 12.4. The summed E-state index contributed by atoms with van der Waals surface area (Å²) in [5, 5.41) is 20.8. The summed E-state index contributed by atoms with van der Waals surface area (Å²) in [6, 6.07) is 5.18. The molecule has 7 heteroatoms. The first-order chi connectivity index (χ1) is 9.97. The van der Waals surface area contributed by atoms with Gasteiger partial charge in [0.1, 0.15) is 0 Å². The van der Waals surface area contributed by atoms with Gasteiger partial charge in [-0.15, -0.1) is 10.2 Å². The van der Waals surface area contributed by atoms with Crippen molar-refractivity contribution in [1.82, 2.24) is 20.0 Å². The quantitative estimate of drug-likeness (QED) is 0.868. The number of hydrogen-bond acceptors (Lipinski definition) is 5. The van der Waals surface area contributed by atoms with Gasteiger partial charge in [-0.3, -0.25) is 4.68 Å². The molecule has 0 aromatic carbocycles. The topological polar surface area (TPSA) is 84.1 Å². The van der Waals surface area contributed by atoms with Crippen LogP contribution in [0.3, 0.4) is 0 Å². The van der Waals surface area contributed by atoms with Crippen LogP contribution in [0.5, 0.6) is 0 Å². The molecule has 0 atom stereocenters. The Morgan fingerprint density at radius 2 is 2.10 bits per heavy atom. The van der Waals surface area contributed by atoms with E-state index in [4.69, 9.17) is 5.11 Å². The number of aromatic carboxylic acids is 1. The number of rotatable bonds is 6. The molecule has 0 aliphatic rings. The minimum atomic E-state index is -1.07. The Kier molecular flexibility index (Phi) is 4.52. The molecule has 2 aromatic heterocycles. The summed E-state index contributed by atoms with van der Waals surface area (Å²) < 4.78 is 1.99. The summed E-state index contributed by atoms with van der Waals surface area (Å²) in [6.07, 6.45) is 0.917. The highest BCUT2D eigenvalue weighted by molar-refractivity contribution is 5.85. The second-order valence-corrected chi connectivity index (χ2v) is 5.01. The molecule has 2 rings (SSSR count). The zero-order chi connectivity index (χ0) is 15.4. The highest BCUT2D eigenvalue weighted by Crippen LogP contribution is 2.09. The van der Waals surface area contributed by atoms with Crippen LogP contribution in [0.1, 0.15) is 28.3 Å². The number of anilines is 1. The molecule has 0 spiro atoms. The fourth-order valence-corrected chi connectivity index (χ4v) is 2.12. The smallest absolute Gasteiger partial charge is 0.356 e. The highest BCUT2D eigenvalue weighted by atomic mass is 16.4. The lowest BCUT2D eigenvalue weighted by atomic mass is 10.3. The number of aryl methyl sites for hydroxylation is 3. The van der Waals surface area contributed by atoms with Crippen molar-refractivity contribution in [1.29, 1.82) is 0 Å². The number of hydrogen-bond donors (Lipinski definition) is 1. The predicted molar refractivity (Wildman–Crippen MR) is 78.6 cm³/mol. The van der Waals surface area contributed by atoms with Crippen molar-refractivity contribution in [3.63, 3.8) is 0 Å². The van der Waals surface area contributed by atoms with E-state index in [0.717, 1.165) is 30.9 Å². The van der Waals surface area contributed by atoms with Crippen LogP contribution >= 0.6 is 0 Å². The second-order valence-electron chi connectivity index (χ2n) is 5.01. The molecule has 0 amide bonds. The van der Waals surface area contributed by atoms with E-state index < -0.39 is 5.97 Å². The van der Waals surface area contributed by atoms with Gasteiger partial charge in [0.2, 0.25) is 0 Å². The maximum atomic E-state index is 10.7. The lowest BCUT2D eigenvalue weighted by molar-refractivity contribution is 0.0689. The van der Waals surface area contributed by atoms with Gasteiger partial charge in [-0.1, -0.05) is 0 Å². The normalized spacial score (nSPS) is 10.6. The number of carbonyl (C=O) groups is 1. The number of nitrogens with zero attached hydrogens (tertiary/aromatic N) is 5. The predicted octanol–water partition coefficient (Wildman–Crippen LogP) is 1.51. The number of carboxylic acid groups (broad SMARTS) is 1. The molecule has 1 N–H and O–H groups in total. The van der Waals surface area contributed by atoms with Crippen molar-refractivity contribution in [2.45, 2.75) is 26.8 Å². The Labute approximate surface area is 123 Å². The molecule has 0 aliphatic heterocycles. The Morgan fingerprint density at radius 3 is 2.62 bits per heavy atom. The lowest BCUT2D eigenvalue weighted by Crippen LogP contribution is -2.22. The maximum Gasteiger partial charge on any atom is 0.356 e. The van der Waals surface area contributed by atoms with E-state index in [9.17, 15) is 4.79 Å². The van der Waals surface area contributed by atoms with E-state index in [1.807, 2.05) is 30.5 Å². The largest absolute Gasteiger partial charge is 0.476 e. The molecular formula is C14H19N5O2. The molecule has 0 saturated heterocycles. The van der Waals surface area contributed by atoms with E-state index >= 15 is 0 Å². The average Bonchev–Trinajstić information content (AvgIpc) is 2.77. The third kappa shape index (κ3) is 3.77. The summed E-state index contributed by atoms with van der Waals surface area (Å²) in [5.41, 5.74) is 2.13. The van der Waals surface area contributed by atoms with Crippen molar-refractivity contribution in [3.8, 4) is 0 Å². The van der Waals surface area contributed by atoms with Gasteiger partial charge >= 0.3 is 5.97 Å². The van der Waals surface area contributed by atoms with Crippen LogP contribution in [0.2, 0.25) is 0 Å². The van der Waals surface area contributed by atoms with Crippen LogP contribution in [0.25, 0.3) is 0 Å². The van der Waals surface area contributed by atoms with Crippen LogP contribution in [-0.2, 0) is 6.54 Å². The van der Waals surface area contributed by atoms with Gasteiger partial charge < -0.3 is 10.0 Å². The molecule has 0 unspecified atom stereocenters. The number of carboxylic acids is 1. The van der Waals surface area contributed by atoms with Crippen LogP contribution in [-0.4, -0.2) is 44.6 Å². The molecule has 2 heterocycles. The van der Waals surface area contributed by atoms with E-state index in [-0.39, 0.29) is 5.69 Å². The summed E-state index contributed by atoms with van der Waals surface area (Å²) in [4.78, 5) is 12.7. The lowest BCUT2D eigenvalue weighted by Gasteiger charge is -2.17. The zero-order valence-corrected chi connectivity index (χ0v) is 12.4. The van der Waals surface area contributed by atoms with Crippen molar-refractivity contribution in [2.24, 2.45) is 0 Å². The first kappa shape index (κ1) is 15.0.